The highest BCUT2D eigenvalue weighted by Crippen LogP contribution is 2.28. The molecule has 2 heterocycles. The zero-order valence-electron chi connectivity index (χ0n) is 16.2. The number of carbonyl (C=O) groups is 1. The second-order valence-electron chi connectivity index (χ2n) is 6.70. The first kappa shape index (κ1) is 19.1. The molecule has 7 heteroatoms. The Hall–Kier alpha value is -3.19. The van der Waals surface area contributed by atoms with Gasteiger partial charge in [-0.1, -0.05) is 34.1 Å². The van der Waals surface area contributed by atoms with Gasteiger partial charge in [0.25, 0.3) is 5.91 Å². The van der Waals surface area contributed by atoms with Crippen molar-refractivity contribution in [1.82, 2.24) is 14.8 Å². The standard InChI is InChI=1S/C22H19BrN4O2/c1-13-10-19(24-21-17(13)8-5-9-18(21)29-3)27-20(11-14(2)26-27)25-22(28)15-6-4-7-16(23)12-15/h4-12H,1-3H3,(H,25,28). The number of nitrogens with one attached hydrogen (secondary N) is 1. The summed E-state index contributed by atoms with van der Waals surface area (Å²) in [7, 11) is 1.63. The van der Waals surface area contributed by atoms with Crippen LogP contribution < -0.4 is 10.1 Å². The maximum atomic E-state index is 12.7. The van der Waals surface area contributed by atoms with Gasteiger partial charge in [0.15, 0.2) is 5.82 Å². The number of amides is 1. The number of aromatic nitrogens is 3. The molecule has 4 rings (SSSR count). The molecule has 0 saturated carbocycles. The number of aryl methyl sites for hydroxylation is 2. The summed E-state index contributed by atoms with van der Waals surface area (Å²) in [5, 5.41) is 8.49. The van der Waals surface area contributed by atoms with Crippen molar-refractivity contribution >= 4 is 38.6 Å². The van der Waals surface area contributed by atoms with Crippen LogP contribution in [0.5, 0.6) is 5.75 Å². The minimum Gasteiger partial charge on any atom is -0.494 e. The molecular weight excluding hydrogens is 432 g/mol. The van der Waals surface area contributed by atoms with E-state index in [1.54, 1.807) is 23.9 Å². The second kappa shape index (κ2) is 7.67. The van der Waals surface area contributed by atoms with Crippen molar-refractivity contribution in [3.8, 4) is 11.6 Å². The zero-order chi connectivity index (χ0) is 20.5. The van der Waals surface area contributed by atoms with Gasteiger partial charge in [-0.3, -0.25) is 4.79 Å². The Balaban J connectivity index is 1.78. The molecule has 0 atom stereocenters. The van der Waals surface area contributed by atoms with Crippen molar-refractivity contribution in [2.75, 3.05) is 12.4 Å². The number of carbonyl (C=O) groups excluding carboxylic acids is 1. The number of rotatable bonds is 4. The summed E-state index contributed by atoms with van der Waals surface area (Å²) in [4.78, 5) is 17.5. The lowest BCUT2D eigenvalue weighted by atomic mass is 10.1. The average molecular weight is 451 g/mol. The third-order valence-electron chi connectivity index (χ3n) is 4.59. The molecule has 0 radical (unpaired) electrons. The summed E-state index contributed by atoms with van der Waals surface area (Å²) in [5.74, 6) is 1.63. The minimum atomic E-state index is -0.220. The summed E-state index contributed by atoms with van der Waals surface area (Å²) in [6.07, 6.45) is 0. The van der Waals surface area contributed by atoms with Crippen LogP contribution in [0.2, 0.25) is 0 Å². The fourth-order valence-electron chi connectivity index (χ4n) is 3.23. The molecule has 0 saturated heterocycles. The van der Waals surface area contributed by atoms with Gasteiger partial charge in [-0.25, -0.2) is 4.98 Å². The quantitative estimate of drug-likeness (QED) is 0.471. The van der Waals surface area contributed by atoms with Gasteiger partial charge in [-0.15, -0.1) is 0 Å². The highest BCUT2D eigenvalue weighted by Gasteiger charge is 2.16. The van der Waals surface area contributed by atoms with Gasteiger partial charge in [-0.2, -0.15) is 9.78 Å². The van der Waals surface area contributed by atoms with Gasteiger partial charge in [0.2, 0.25) is 0 Å². The summed E-state index contributed by atoms with van der Waals surface area (Å²) < 4.78 is 7.96. The Morgan fingerprint density at radius 2 is 1.90 bits per heavy atom. The Labute approximate surface area is 176 Å². The first-order valence-corrected chi connectivity index (χ1v) is 9.84. The molecule has 1 amide bonds. The van der Waals surface area contributed by atoms with Crippen LogP contribution in [0.4, 0.5) is 5.82 Å². The molecule has 2 aromatic heterocycles. The van der Waals surface area contributed by atoms with Crippen LogP contribution in [-0.2, 0) is 0 Å². The van der Waals surface area contributed by atoms with Gasteiger partial charge < -0.3 is 10.1 Å². The van der Waals surface area contributed by atoms with Crippen LogP contribution in [0.15, 0.2) is 59.1 Å². The third-order valence-corrected chi connectivity index (χ3v) is 5.09. The fourth-order valence-corrected chi connectivity index (χ4v) is 3.63. The van der Waals surface area contributed by atoms with Crippen LogP contribution >= 0.6 is 15.9 Å². The van der Waals surface area contributed by atoms with Crippen molar-refractivity contribution in [2.24, 2.45) is 0 Å². The SMILES string of the molecule is COc1cccc2c(C)cc(-n3nc(C)cc3NC(=O)c3cccc(Br)c3)nc12. The van der Waals surface area contributed by atoms with Crippen LogP contribution in [0.25, 0.3) is 16.7 Å². The monoisotopic (exact) mass is 450 g/mol. The van der Waals surface area contributed by atoms with E-state index in [4.69, 9.17) is 9.72 Å². The lowest BCUT2D eigenvalue weighted by Crippen LogP contribution is -2.15. The van der Waals surface area contributed by atoms with Crippen molar-refractivity contribution in [3.63, 3.8) is 0 Å². The van der Waals surface area contributed by atoms with Crippen LogP contribution in [0, 0.1) is 13.8 Å². The molecule has 4 aromatic rings. The van der Waals surface area contributed by atoms with Gasteiger partial charge in [0.05, 0.1) is 12.8 Å². The van der Waals surface area contributed by atoms with E-state index < -0.39 is 0 Å². The van der Waals surface area contributed by atoms with Gasteiger partial charge in [0, 0.05) is 21.5 Å². The molecule has 0 fully saturated rings. The molecule has 0 bridgehead atoms. The number of para-hydroxylation sites is 1. The van der Waals surface area contributed by atoms with E-state index in [2.05, 4.69) is 26.3 Å². The van der Waals surface area contributed by atoms with Crippen molar-refractivity contribution in [2.45, 2.75) is 13.8 Å². The van der Waals surface area contributed by atoms with E-state index >= 15 is 0 Å². The molecule has 0 spiro atoms. The first-order chi connectivity index (χ1) is 14.0. The van der Waals surface area contributed by atoms with Crippen LogP contribution in [0.3, 0.4) is 0 Å². The summed E-state index contributed by atoms with van der Waals surface area (Å²) in [5.41, 5.74) is 3.12. The van der Waals surface area contributed by atoms with Gasteiger partial charge in [-0.05, 0) is 49.7 Å². The third kappa shape index (κ3) is 3.73. The van der Waals surface area contributed by atoms with E-state index in [0.717, 1.165) is 26.6 Å². The minimum absolute atomic E-state index is 0.220. The number of fused-ring (bicyclic) bond motifs is 1. The lowest BCUT2D eigenvalue weighted by molar-refractivity contribution is 0.102. The highest BCUT2D eigenvalue weighted by molar-refractivity contribution is 9.10. The number of pyridine rings is 1. The van der Waals surface area contributed by atoms with E-state index in [-0.39, 0.29) is 5.91 Å². The number of hydrogen-bond donors (Lipinski definition) is 1. The summed E-state index contributed by atoms with van der Waals surface area (Å²) in [6, 6.07) is 16.8. The summed E-state index contributed by atoms with van der Waals surface area (Å²) in [6.45, 7) is 3.89. The maximum Gasteiger partial charge on any atom is 0.256 e. The maximum absolute atomic E-state index is 12.7. The predicted octanol–water partition coefficient (Wildman–Crippen LogP) is 5.06. The number of methoxy groups -OCH3 is 1. The van der Waals surface area contributed by atoms with Gasteiger partial charge >= 0.3 is 0 Å². The number of benzene rings is 2. The highest BCUT2D eigenvalue weighted by atomic mass is 79.9. The fraction of sp³-hybridized carbons (Fsp3) is 0.136. The predicted molar refractivity (Wildman–Crippen MR) is 117 cm³/mol. The molecule has 2 aromatic carbocycles. The molecule has 0 unspecified atom stereocenters. The van der Waals surface area contributed by atoms with Crippen molar-refractivity contribution in [3.05, 3.63) is 75.9 Å². The second-order valence-corrected chi connectivity index (χ2v) is 7.62. The molecular formula is C22H19BrN4O2. The van der Waals surface area contributed by atoms with Crippen LogP contribution in [0.1, 0.15) is 21.6 Å². The molecule has 1 N–H and O–H groups in total. The Kier molecular flexibility index (Phi) is 5.07. The summed E-state index contributed by atoms with van der Waals surface area (Å²) >= 11 is 3.40. The Bertz CT molecular complexity index is 1230. The van der Waals surface area contributed by atoms with E-state index in [0.29, 0.717) is 22.9 Å². The first-order valence-electron chi connectivity index (χ1n) is 9.04. The number of anilines is 1. The molecule has 0 aliphatic rings. The Morgan fingerprint density at radius 1 is 1.10 bits per heavy atom. The molecule has 6 nitrogen and oxygen atoms in total. The van der Waals surface area contributed by atoms with E-state index in [1.807, 2.05) is 56.3 Å². The molecule has 0 aliphatic heterocycles. The average Bonchev–Trinajstić information content (AvgIpc) is 3.07. The number of nitrogens with zero attached hydrogens (tertiary/aromatic N) is 3. The van der Waals surface area contributed by atoms with E-state index in [1.165, 1.54) is 0 Å². The topological polar surface area (TPSA) is 69.0 Å². The Morgan fingerprint density at radius 3 is 2.66 bits per heavy atom. The largest absolute Gasteiger partial charge is 0.494 e. The molecule has 29 heavy (non-hydrogen) atoms. The van der Waals surface area contributed by atoms with Gasteiger partial charge in [0.1, 0.15) is 17.1 Å². The van der Waals surface area contributed by atoms with E-state index in [9.17, 15) is 4.79 Å². The van der Waals surface area contributed by atoms with Crippen molar-refractivity contribution in [1.29, 1.82) is 0 Å². The normalized spacial score (nSPS) is 10.9. The van der Waals surface area contributed by atoms with Crippen molar-refractivity contribution < 1.29 is 9.53 Å². The zero-order valence-corrected chi connectivity index (χ0v) is 17.8. The number of ether oxygens (including phenoxy) is 1. The molecule has 146 valence electrons. The van der Waals surface area contributed by atoms with Crippen LogP contribution in [-0.4, -0.2) is 27.8 Å². The lowest BCUT2D eigenvalue weighted by Gasteiger charge is -2.12. The molecule has 0 aliphatic carbocycles. The smallest absolute Gasteiger partial charge is 0.256 e. The number of halogens is 1. The number of hydrogen-bond acceptors (Lipinski definition) is 4.